The minimum absolute atomic E-state index is 0.0427. The molecule has 3 rings (SSSR count). The fraction of sp³-hybridized carbons (Fsp3) is 0.133. The standard InChI is InChI=1S/C15H12FNO/c16-13-4-2-1-3-12(13)10-5-7-14-11(9-10)6-8-15(18)17-14/h1-5,7,9H,6,8H2,(H,17,18). The third-order valence-corrected chi connectivity index (χ3v) is 3.19. The maximum Gasteiger partial charge on any atom is 0.224 e. The minimum atomic E-state index is -0.225. The molecule has 0 radical (unpaired) electrons. The summed E-state index contributed by atoms with van der Waals surface area (Å²) in [5, 5.41) is 2.82. The van der Waals surface area contributed by atoms with Gasteiger partial charge < -0.3 is 5.32 Å². The zero-order chi connectivity index (χ0) is 12.5. The lowest BCUT2D eigenvalue weighted by molar-refractivity contribution is -0.116. The van der Waals surface area contributed by atoms with Crippen molar-refractivity contribution < 1.29 is 9.18 Å². The molecule has 2 aromatic rings. The summed E-state index contributed by atoms with van der Waals surface area (Å²) in [6.45, 7) is 0. The third kappa shape index (κ3) is 1.88. The number of rotatable bonds is 1. The Morgan fingerprint density at radius 1 is 1.06 bits per heavy atom. The van der Waals surface area contributed by atoms with E-state index >= 15 is 0 Å². The predicted molar refractivity (Wildman–Crippen MR) is 68.8 cm³/mol. The van der Waals surface area contributed by atoms with Crippen molar-refractivity contribution in [2.75, 3.05) is 5.32 Å². The molecule has 0 aliphatic carbocycles. The van der Waals surface area contributed by atoms with E-state index in [1.54, 1.807) is 12.1 Å². The van der Waals surface area contributed by atoms with E-state index in [-0.39, 0.29) is 11.7 Å². The van der Waals surface area contributed by atoms with Crippen molar-refractivity contribution in [2.45, 2.75) is 12.8 Å². The fourth-order valence-electron chi connectivity index (χ4n) is 2.25. The zero-order valence-electron chi connectivity index (χ0n) is 9.74. The summed E-state index contributed by atoms with van der Waals surface area (Å²) in [4.78, 5) is 11.3. The van der Waals surface area contributed by atoms with Gasteiger partial charge in [0.1, 0.15) is 5.82 Å². The number of benzene rings is 2. The maximum atomic E-state index is 13.7. The van der Waals surface area contributed by atoms with Crippen molar-refractivity contribution in [3.8, 4) is 11.1 Å². The van der Waals surface area contributed by atoms with E-state index < -0.39 is 0 Å². The first kappa shape index (κ1) is 11.0. The van der Waals surface area contributed by atoms with Crippen LogP contribution in [0.4, 0.5) is 10.1 Å². The number of anilines is 1. The second-order valence-electron chi connectivity index (χ2n) is 4.40. The van der Waals surface area contributed by atoms with Crippen LogP contribution >= 0.6 is 0 Å². The van der Waals surface area contributed by atoms with Crippen LogP contribution in [-0.4, -0.2) is 5.91 Å². The van der Waals surface area contributed by atoms with Crippen molar-refractivity contribution in [3.63, 3.8) is 0 Å². The van der Waals surface area contributed by atoms with E-state index in [0.29, 0.717) is 18.4 Å². The van der Waals surface area contributed by atoms with Crippen molar-refractivity contribution in [2.24, 2.45) is 0 Å². The van der Waals surface area contributed by atoms with E-state index in [9.17, 15) is 9.18 Å². The van der Waals surface area contributed by atoms with Gasteiger partial charge in [-0.25, -0.2) is 4.39 Å². The molecule has 0 saturated carbocycles. The van der Waals surface area contributed by atoms with E-state index in [1.807, 2.05) is 24.3 Å². The van der Waals surface area contributed by atoms with Gasteiger partial charge in [0.15, 0.2) is 0 Å². The van der Waals surface area contributed by atoms with Crippen LogP contribution in [0.5, 0.6) is 0 Å². The Kier molecular flexibility index (Phi) is 2.59. The average molecular weight is 241 g/mol. The number of carbonyl (C=O) groups is 1. The van der Waals surface area contributed by atoms with Gasteiger partial charge in [-0.3, -0.25) is 4.79 Å². The molecule has 90 valence electrons. The molecule has 0 atom stereocenters. The maximum absolute atomic E-state index is 13.7. The van der Waals surface area contributed by atoms with Crippen LogP contribution in [0.2, 0.25) is 0 Å². The molecule has 1 amide bonds. The van der Waals surface area contributed by atoms with Crippen LogP contribution in [-0.2, 0) is 11.2 Å². The predicted octanol–water partition coefficient (Wildman–Crippen LogP) is 3.38. The van der Waals surface area contributed by atoms with Gasteiger partial charge in [0.25, 0.3) is 0 Å². The largest absolute Gasteiger partial charge is 0.326 e. The molecular formula is C15H12FNO. The molecule has 0 spiro atoms. The second-order valence-corrected chi connectivity index (χ2v) is 4.40. The molecule has 0 aromatic heterocycles. The smallest absolute Gasteiger partial charge is 0.224 e. The average Bonchev–Trinajstić information content (AvgIpc) is 2.39. The molecule has 0 bridgehead atoms. The number of hydrogen-bond donors (Lipinski definition) is 1. The molecule has 1 N–H and O–H groups in total. The lowest BCUT2D eigenvalue weighted by Gasteiger charge is -2.17. The second kappa shape index (κ2) is 4.26. The number of aryl methyl sites for hydroxylation is 1. The van der Waals surface area contributed by atoms with Gasteiger partial charge in [-0.2, -0.15) is 0 Å². The summed E-state index contributed by atoms with van der Waals surface area (Å²) in [6.07, 6.45) is 1.21. The van der Waals surface area contributed by atoms with Crippen LogP contribution in [0.15, 0.2) is 42.5 Å². The van der Waals surface area contributed by atoms with Gasteiger partial charge in [0.05, 0.1) is 0 Å². The molecule has 1 heterocycles. The Labute approximate surface area is 104 Å². The van der Waals surface area contributed by atoms with Crippen molar-refractivity contribution in [1.29, 1.82) is 0 Å². The van der Waals surface area contributed by atoms with Crippen LogP contribution in [0, 0.1) is 5.82 Å². The van der Waals surface area contributed by atoms with Crippen molar-refractivity contribution in [3.05, 3.63) is 53.8 Å². The summed E-state index contributed by atoms with van der Waals surface area (Å²) < 4.78 is 13.7. The van der Waals surface area contributed by atoms with Crippen LogP contribution in [0.25, 0.3) is 11.1 Å². The number of hydrogen-bond acceptors (Lipinski definition) is 1. The first-order valence-electron chi connectivity index (χ1n) is 5.92. The molecule has 0 saturated heterocycles. The molecule has 1 aliphatic heterocycles. The minimum Gasteiger partial charge on any atom is -0.326 e. The monoisotopic (exact) mass is 241 g/mol. The van der Waals surface area contributed by atoms with Crippen LogP contribution < -0.4 is 5.32 Å². The topological polar surface area (TPSA) is 29.1 Å². The lowest BCUT2D eigenvalue weighted by atomic mass is 9.97. The highest BCUT2D eigenvalue weighted by Crippen LogP contribution is 2.29. The summed E-state index contributed by atoms with van der Waals surface area (Å²) in [7, 11) is 0. The summed E-state index contributed by atoms with van der Waals surface area (Å²) >= 11 is 0. The number of fused-ring (bicyclic) bond motifs is 1. The Morgan fingerprint density at radius 3 is 2.72 bits per heavy atom. The van der Waals surface area contributed by atoms with Crippen molar-refractivity contribution in [1.82, 2.24) is 0 Å². The Morgan fingerprint density at radius 2 is 1.89 bits per heavy atom. The number of amides is 1. The fourth-order valence-corrected chi connectivity index (χ4v) is 2.25. The molecule has 3 heteroatoms. The summed E-state index contributed by atoms with van der Waals surface area (Å²) in [6, 6.07) is 12.3. The van der Waals surface area contributed by atoms with Gasteiger partial charge >= 0.3 is 0 Å². The third-order valence-electron chi connectivity index (χ3n) is 3.19. The van der Waals surface area contributed by atoms with Gasteiger partial charge in [-0.05, 0) is 35.7 Å². The first-order valence-corrected chi connectivity index (χ1v) is 5.92. The molecule has 18 heavy (non-hydrogen) atoms. The normalized spacial score (nSPS) is 13.9. The number of carbonyl (C=O) groups excluding carboxylic acids is 1. The first-order chi connectivity index (χ1) is 8.74. The molecule has 0 fully saturated rings. The van der Waals surface area contributed by atoms with Crippen LogP contribution in [0.1, 0.15) is 12.0 Å². The van der Waals surface area contributed by atoms with Crippen molar-refractivity contribution >= 4 is 11.6 Å². The highest BCUT2D eigenvalue weighted by molar-refractivity contribution is 5.94. The summed E-state index contributed by atoms with van der Waals surface area (Å²) in [5.41, 5.74) is 3.35. The molecule has 2 aromatic carbocycles. The Hall–Kier alpha value is -2.16. The number of nitrogens with one attached hydrogen (secondary N) is 1. The molecular weight excluding hydrogens is 229 g/mol. The van der Waals surface area contributed by atoms with E-state index in [0.717, 1.165) is 16.8 Å². The summed E-state index contributed by atoms with van der Waals surface area (Å²) in [5.74, 6) is -0.182. The van der Waals surface area contributed by atoms with Gasteiger partial charge in [-0.15, -0.1) is 0 Å². The zero-order valence-corrected chi connectivity index (χ0v) is 9.74. The highest BCUT2D eigenvalue weighted by Gasteiger charge is 2.15. The van der Waals surface area contributed by atoms with E-state index in [4.69, 9.17) is 0 Å². The molecule has 0 unspecified atom stereocenters. The Bertz CT molecular complexity index is 622. The van der Waals surface area contributed by atoms with Gasteiger partial charge in [-0.1, -0.05) is 24.3 Å². The Balaban J connectivity index is 2.05. The highest BCUT2D eigenvalue weighted by atomic mass is 19.1. The van der Waals surface area contributed by atoms with Gasteiger partial charge in [0, 0.05) is 17.7 Å². The van der Waals surface area contributed by atoms with Crippen LogP contribution in [0.3, 0.4) is 0 Å². The van der Waals surface area contributed by atoms with E-state index in [2.05, 4.69) is 5.32 Å². The lowest BCUT2D eigenvalue weighted by Crippen LogP contribution is -2.18. The molecule has 2 nitrogen and oxygen atoms in total. The molecule has 1 aliphatic rings. The van der Waals surface area contributed by atoms with Gasteiger partial charge in [0.2, 0.25) is 5.91 Å². The number of halogens is 1. The SMILES string of the molecule is O=C1CCc2cc(-c3ccccc3F)ccc2N1. The van der Waals surface area contributed by atoms with E-state index in [1.165, 1.54) is 6.07 Å². The quantitative estimate of drug-likeness (QED) is 0.814.